The lowest BCUT2D eigenvalue weighted by Gasteiger charge is -2.26. The summed E-state index contributed by atoms with van der Waals surface area (Å²) in [6, 6.07) is 24.9. The van der Waals surface area contributed by atoms with E-state index in [1.165, 1.54) is 18.4 Å². The Kier molecular flexibility index (Phi) is 7.35. The summed E-state index contributed by atoms with van der Waals surface area (Å²) in [4.78, 5) is 40.4. The summed E-state index contributed by atoms with van der Waals surface area (Å²) in [6.45, 7) is 3.88. The maximum atomic E-state index is 13.3. The summed E-state index contributed by atoms with van der Waals surface area (Å²) in [5.74, 6) is -0.328. The predicted molar refractivity (Wildman–Crippen MR) is 156 cm³/mol. The first kappa shape index (κ1) is 26.6. The van der Waals surface area contributed by atoms with Gasteiger partial charge in [0.15, 0.2) is 0 Å². The summed E-state index contributed by atoms with van der Waals surface area (Å²) in [7, 11) is 1.49. The molecule has 3 amide bonds. The van der Waals surface area contributed by atoms with Crippen LogP contribution in [-0.4, -0.2) is 35.0 Å². The topological polar surface area (TPSA) is 125 Å². The summed E-state index contributed by atoms with van der Waals surface area (Å²) in [6.07, 6.45) is 0. The largest absolute Gasteiger partial charge is 0.496 e. The Bertz CT molecular complexity index is 1710. The fourth-order valence-corrected chi connectivity index (χ4v) is 5.17. The van der Waals surface area contributed by atoms with Crippen molar-refractivity contribution in [2.75, 3.05) is 17.7 Å². The normalized spacial score (nSPS) is 11.2. The molecule has 2 heterocycles. The molecule has 0 bridgehead atoms. The quantitative estimate of drug-likeness (QED) is 0.193. The van der Waals surface area contributed by atoms with Crippen molar-refractivity contribution in [1.82, 2.24) is 15.5 Å². The number of anilines is 2. The minimum absolute atomic E-state index is 0.237. The molecule has 0 atom stereocenters. The molecule has 0 aliphatic carbocycles. The number of fused-ring (bicyclic) bond motifs is 1. The summed E-state index contributed by atoms with van der Waals surface area (Å²) in [5.41, 5.74) is 1.33. The van der Waals surface area contributed by atoms with Crippen LogP contribution in [-0.2, 0) is 5.54 Å². The van der Waals surface area contributed by atoms with E-state index in [-0.39, 0.29) is 11.5 Å². The number of carbonyl (C=O) groups excluding carboxylic acids is 3. The molecule has 0 radical (unpaired) electrons. The molecule has 0 unspecified atom stereocenters. The maximum Gasteiger partial charge on any atom is 0.262 e. The Balaban J connectivity index is 1.33. The van der Waals surface area contributed by atoms with Gasteiger partial charge in [-0.15, -0.1) is 11.3 Å². The van der Waals surface area contributed by atoms with Crippen LogP contribution in [0.4, 0.5) is 11.5 Å². The second kappa shape index (κ2) is 11.0. The Morgan fingerprint density at radius 2 is 1.48 bits per heavy atom. The van der Waals surface area contributed by atoms with Crippen LogP contribution in [0, 0.1) is 0 Å². The van der Waals surface area contributed by atoms with Crippen LogP contribution in [0.3, 0.4) is 0 Å². The van der Waals surface area contributed by atoms with E-state index in [0.717, 1.165) is 5.56 Å². The van der Waals surface area contributed by atoms with Gasteiger partial charge in [0.1, 0.15) is 16.4 Å². The number of thiophene rings is 1. The number of H-pyrrole nitrogens is 1. The lowest BCUT2D eigenvalue weighted by atomic mass is 9.94. The average molecular weight is 554 g/mol. The van der Waals surface area contributed by atoms with Crippen molar-refractivity contribution in [3.8, 4) is 5.75 Å². The van der Waals surface area contributed by atoms with Gasteiger partial charge in [0.25, 0.3) is 17.7 Å². The minimum atomic E-state index is -0.582. The predicted octanol–water partition coefficient (Wildman–Crippen LogP) is 5.80. The number of nitrogens with one attached hydrogen (secondary N) is 4. The molecule has 202 valence electrons. The third-order valence-electron chi connectivity index (χ3n) is 6.41. The molecular weight excluding hydrogens is 526 g/mol. The second-order valence-corrected chi connectivity index (χ2v) is 10.6. The maximum absolute atomic E-state index is 13.3. The lowest BCUT2D eigenvalue weighted by molar-refractivity contribution is 0.0915. The van der Waals surface area contributed by atoms with E-state index < -0.39 is 17.4 Å². The fourth-order valence-electron chi connectivity index (χ4n) is 4.28. The molecule has 5 aromatic rings. The number of carbonyl (C=O) groups is 3. The summed E-state index contributed by atoms with van der Waals surface area (Å²) < 4.78 is 5.28. The van der Waals surface area contributed by atoms with Gasteiger partial charge >= 0.3 is 0 Å². The molecule has 2 aromatic heterocycles. The van der Waals surface area contributed by atoms with Crippen LogP contribution in [0.1, 0.15) is 49.8 Å². The van der Waals surface area contributed by atoms with Gasteiger partial charge in [0.05, 0.1) is 39.7 Å². The van der Waals surface area contributed by atoms with Crippen LogP contribution in [0.2, 0.25) is 0 Å². The highest BCUT2D eigenvalue weighted by Gasteiger charge is 2.25. The van der Waals surface area contributed by atoms with Crippen LogP contribution in [0.5, 0.6) is 5.75 Å². The van der Waals surface area contributed by atoms with Crippen molar-refractivity contribution in [2.45, 2.75) is 19.4 Å². The molecule has 4 N–H and O–H groups in total. The molecule has 0 spiro atoms. The van der Waals surface area contributed by atoms with Crippen molar-refractivity contribution in [1.29, 1.82) is 0 Å². The molecule has 0 saturated carbocycles. The Morgan fingerprint density at radius 3 is 2.23 bits per heavy atom. The summed E-state index contributed by atoms with van der Waals surface area (Å²) in [5, 5.41) is 16.4. The molecule has 9 nitrogen and oxygen atoms in total. The van der Waals surface area contributed by atoms with Gasteiger partial charge < -0.3 is 20.7 Å². The SMILES string of the molecule is COc1ccccc1C(=O)Nc1ccccc1C(=O)Nc1[nH]nc2sc(C(=O)NC(C)(C)c3ccccc3)cc12. The van der Waals surface area contributed by atoms with E-state index >= 15 is 0 Å². The van der Waals surface area contributed by atoms with Gasteiger partial charge in [-0.3, -0.25) is 19.5 Å². The molecule has 0 fully saturated rings. The van der Waals surface area contributed by atoms with E-state index in [1.807, 2.05) is 44.2 Å². The minimum Gasteiger partial charge on any atom is -0.496 e. The van der Waals surface area contributed by atoms with Gasteiger partial charge in [-0.1, -0.05) is 54.6 Å². The van der Waals surface area contributed by atoms with E-state index in [1.54, 1.807) is 54.6 Å². The smallest absolute Gasteiger partial charge is 0.262 e. The first-order chi connectivity index (χ1) is 19.3. The monoisotopic (exact) mass is 553 g/mol. The standard InChI is InChI=1S/C30H27N5O4S/c1-30(2,18-11-5-4-6-12-18)33-28(38)24-17-21-25(34-35-29(21)40-24)32-26(36)19-13-7-9-15-22(19)31-27(37)20-14-8-10-16-23(20)39-3/h4-17H,1-3H3,(H,31,37)(H,33,38)(H2,32,34,35,36). The zero-order valence-corrected chi connectivity index (χ0v) is 22.9. The van der Waals surface area contributed by atoms with Crippen LogP contribution >= 0.6 is 11.3 Å². The Morgan fingerprint density at radius 1 is 0.825 bits per heavy atom. The third-order valence-corrected chi connectivity index (χ3v) is 7.43. The zero-order chi connectivity index (χ0) is 28.3. The van der Waals surface area contributed by atoms with E-state index in [4.69, 9.17) is 4.74 Å². The zero-order valence-electron chi connectivity index (χ0n) is 22.1. The molecule has 3 aromatic carbocycles. The van der Waals surface area contributed by atoms with Crippen molar-refractivity contribution in [3.63, 3.8) is 0 Å². The summed E-state index contributed by atoms with van der Waals surface area (Å²) >= 11 is 1.22. The van der Waals surface area contributed by atoms with Gasteiger partial charge in [-0.05, 0) is 49.7 Å². The number of hydrogen-bond donors (Lipinski definition) is 4. The van der Waals surface area contributed by atoms with Crippen molar-refractivity contribution < 1.29 is 19.1 Å². The Labute approximate surface area is 234 Å². The average Bonchev–Trinajstić information content (AvgIpc) is 3.55. The first-order valence-corrected chi connectivity index (χ1v) is 13.3. The van der Waals surface area contributed by atoms with Crippen LogP contribution < -0.4 is 20.7 Å². The van der Waals surface area contributed by atoms with E-state index in [9.17, 15) is 14.4 Å². The number of para-hydroxylation sites is 2. The van der Waals surface area contributed by atoms with Gasteiger partial charge in [0.2, 0.25) is 0 Å². The van der Waals surface area contributed by atoms with Gasteiger partial charge in [-0.25, -0.2) is 0 Å². The Hall–Kier alpha value is -4.96. The van der Waals surface area contributed by atoms with E-state index in [2.05, 4.69) is 26.1 Å². The van der Waals surface area contributed by atoms with Gasteiger partial charge in [0, 0.05) is 0 Å². The lowest BCUT2D eigenvalue weighted by Crippen LogP contribution is -2.40. The third kappa shape index (κ3) is 5.43. The number of nitrogens with zero attached hydrogens (tertiary/aromatic N) is 1. The number of benzene rings is 3. The van der Waals surface area contributed by atoms with Crippen molar-refractivity contribution >= 4 is 50.8 Å². The van der Waals surface area contributed by atoms with Crippen LogP contribution in [0.25, 0.3) is 10.2 Å². The van der Waals surface area contributed by atoms with Crippen LogP contribution in [0.15, 0.2) is 84.9 Å². The second-order valence-electron chi connectivity index (χ2n) is 9.53. The number of methoxy groups -OCH3 is 1. The molecule has 0 aliphatic heterocycles. The molecule has 0 saturated heterocycles. The number of aromatic nitrogens is 2. The molecular formula is C30H27N5O4S. The fraction of sp³-hybridized carbons (Fsp3) is 0.133. The van der Waals surface area contributed by atoms with Crippen molar-refractivity contribution in [3.05, 3.63) is 106 Å². The first-order valence-electron chi connectivity index (χ1n) is 12.5. The highest BCUT2D eigenvalue weighted by atomic mass is 32.1. The molecule has 10 heteroatoms. The highest BCUT2D eigenvalue weighted by Crippen LogP contribution is 2.31. The number of aromatic amines is 1. The number of amides is 3. The highest BCUT2D eigenvalue weighted by molar-refractivity contribution is 7.20. The molecule has 40 heavy (non-hydrogen) atoms. The van der Waals surface area contributed by atoms with Crippen molar-refractivity contribution in [2.24, 2.45) is 0 Å². The van der Waals surface area contributed by atoms with E-state index in [0.29, 0.717) is 37.9 Å². The number of hydrogen-bond acceptors (Lipinski definition) is 6. The van der Waals surface area contributed by atoms with Gasteiger partial charge in [-0.2, -0.15) is 5.10 Å². The molecule has 5 rings (SSSR count). The molecule has 0 aliphatic rings. The number of rotatable bonds is 8. The number of ether oxygens (including phenoxy) is 1.